The van der Waals surface area contributed by atoms with E-state index in [1.807, 2.05) is 0 Å². The van der Waals surface area contributed by atoms with Gasteiger partial charge in [-0.2, -0.15) is 0 Å². The van der Waals surface area contributed by atoms with Crippen molar-refractivity contribution < 1.29 is 57.4 Å². The van der Waals surface area contributed by atoms with Crippen LogP contribution in [-0.4, -0.2) is 199 Å². The van der Waals surface area contributed by atoms with Gasteiger partial charge < -0.3 is 79.0 Å². The van der Waals surface area contributed by atoms with Crippen molar-refractivity contribution in [2.45, 2.75) is 179 Å². The Hall–Kier alpha value is -7.22. The van der Waals surface area contributed by atoms with E-state index in [0.29, 0.717) is 122 Å². The number of rotatable bonds is 39. The standard InChI is InChI=1S/C53H93N19O12/c1-36-48(77)63-40(14-6-10-22-55-3)50(79)61-37(2)49(78)64-42(16-8-12-24-57-5)52(81)66-43(53(82)65-41(51(80)62-36)15-7-11-23-56-4)17-9-13-25-58-45(74)20-21-47(76)60-33-39-35-72(70-68-39)27-29-84-31-30-83-28-26-71-34-38(67-69-71)32-59-46(75)19-18-44(54)73/h34-37,40-43,55-57H,6-33H2,1-5H3,(H2,54,73)(H,58,74)(H,59,75)(H,60,76)(H,61,79)(H,62,80)(H,63,77)(H,64,78)(H,65,82)(H,66,81)/t36-,37-,40+,41+,42+,43-/m1/s1. The lowest BCUT2D eigenvalue weighted by atomic mass is 10.0. The van der Waals surface area contributed by atoms with Gasteiger partial charge in [0.05, 0.1) is 65.0 Å². The largest absolute Gasteiger partial charge is 0.377 e. The highest BCUT2D eigenvalue weighted by Gasteiger charge is 2.33. The van der Waals surface area contributed by atoms with Gasteiger partial charge in [-0.1, -0.05) is 10.4 Å². The van der Waals surface area contributed by atoms with Gasteiger partial charge in [0.15, 0.2) is 0 Å². The van der Waals surface area contributed by atoms with E-state index in [4.69, 9.17) is 15.2 Å². The Bertz CT molecular complexity index is 2340. The molecule has 472 valence electrons. The third-order valence-electron chi connectivity index (χ3n) is 13.4. The van der Waals surface area contributed by atoms with Crippen LogP contribution in [0.2, 0.25) is 0 Å². The summed E-state index contributed by atoms with van der Waals surface area (Å²) in [7, 11) is 5.40. The van der Waals surface area contributed by atoms with Crippen molar-refractivity contribution in [2.24, 2.45) is 5.73 Å². The number of hydrogen-bond acceptors (Lipinski definition) is 19. The van der Waals surface area contributed by atoms with Gasteiger partial charge in [0.2, 0.25) is 59.1 Å². The Labute approximate surface area is 491 Å². The second-order valence-electron chi connectivity index (χ2n) is 20.5. The minimum atomic E-state index is -1.18. The van der Waals surface area contributed by atoms with Crippen LogP contribution in [0, 0.1) is 0 Å². The van der Waals surface area contributed by atoms with Gasteiger partial charge in [-0.25, -0.2) is 9.36 Å². The minimum Gasteiger partial charge on any atom is -0.377 e. The molecule has 0 spiro atoms. The van der Waals surface area contributed by atoms with Gasteiger partial charge in [0.25, 0.3) is 0 Å². The molecule has 2 aromatic heterocycles. The highest BCUT2D eigenvalue weighted by atomic mass is 16.5. The van der Waals surface area contributed by atoms with Crippen LogP contribution in [0.1, 0.15) is 128 Å². The Morgan fingerprint density at radius 3 is 1.17 bits per heavy atom. The maximum atomic E-state index is 14.2. The zero-order valence-corrected chi connectivity index (χ0v) is 49.6. The van der Waals surface area contributed by atoms with Gasteiger partial charge >= 0.3 is 0 Å². The van der Waals surface area contributed by atoms with Crippen LogP contribution in [0.5, 0.6) is 0 Å². The monoisotopic (exact) mass is 1190 g/mol. The van der Waals surface area contributed by atoms with Gasteiger partial charge in [-0.05, 0) is 132 Å². The number of amides is 10. The van der Waals surface area contributed by atoms with Crippen molar-refractivity contribution in [1.82, 2.24) is 93.8 Å². The Morgan fingerprint density at radius 1 is 0.464 bits per heavy atom. The second-order valence-corrected chi connectivity index (χ2v) is 20.5. The topological polar surface area (TPSA) is 421 Å². The zero-order valence-electron chi connectivity index (χ0n) is 49.6. The van der Waals surface area contributed by atoms with E-state index in [9.17, 15) is 47.9 Å². The number of carbonyl (C=O) groups excluding carboxylic acids is 10. The SMILES string of the molecule is CNCCCC[C@@H]1NC(=O)[C@@H](C)NC(=O)[C@H](CCCCNC)NC(=O)[C@@H](CCCCNC(=O)CCC(=O)NCc2cn(CCOCCOCCn3cc(CNC(=O)CCC(N)=O)nn3)nn2)NC(=O)[C@H](CCCCNC)NC(=O)[C@@H](C)NC1=O. The van der Waals surface area contributed by atoms with Crippen molar-refractivity contribution >= 4 is 59.1 Å². The summed E-state index contributed by atoms with van der Waals surface area (Å²) in [4.78, 5) is 131. The summed E-state index contributed by atoms with van der Waals surface area (Å²) in [5, 5.41) is 50.0. The molecule has 1 saturated heterocycles. The molecule has 6 atom stereocenters. The number of primary amides is 1. The Kier molecular flexibility index (Phi) is 35.3. The van der Waals surface area contributed by atoms with Crippen LogP contribution in [0.4, 0.5) is 0 Å². The molecule has 2 aromatic rings. The third-order valence-corrected chi connectivity index (χ3v) is 13.4. The van der Waals surface area contributed by atoms with Crippen molar-refractivity contribution in [3.8, 4) is 0 Å². The molecule has 0 bridgehead atoms. The summed E-state index contributed by atoms with van der Waals surface area (Å²) in [5.74, 6) is -5.38. The number of nitrogens with zero attached hydrogens (tertiary/aromatic N) is 6. The zero-order chi connectivity index (χ0) is 61.5. The molecular formula is C53H93N19O12. The molecule has 1 fully saturated rings. The molecule has 1 aliphatic rings. The number of hydrogen-bond donors (Lipinski definition) is 13. The lowest BCUT2D eigenvalue weighted by Crippen LogP contribution is -2.60. The van der Waals surface area contributed by atoms with Gasteiger partial charge in [0.1, 0.15) is 47.6 Å². The number of carbonyl (C=O) groups is 10. The fourth-order valence-electron chi connectivity index (χ4n) is 8.43. The van der Waals surface area contributed by atoms with Gasteiger partial charge in [-0.3, -0.25) is 47.9 Å². The van der Waals surface area contributed by atoms with Crippen LogP contribution in [0.15, 0.2) is 12.4 Å². The van der Waals surface area contributed by atoms with E-state index in [2.05, 4.69) is 84.4 Å². The fraction of sp³-hybridized carbons (Fsp3) is 0.736. The van der Waals surface area contributed by atoms with Crippen LogP contribution >= 0.6 is 0 Å². The molecule has 3 rings (SSSR count). The molecule has 84 heavy (non-hydrogen) atoms. The highest BCUT2D eigenvalue weighted by molar-refractivity contribution is 5.98. The van der Waals surface area contributed by atoms with Crippen LogP contribution < -0.4 is 69.5 Å². The maximum absolute atomic E-state index is 14.2. The average Bonchev–Trinajstić information content (AvgIpc) is 4.21. The first-order valence-corrected chi connectivity index (χ1v) is 29.2. The summed E-state index contributed by atoms with van der Waals surface area (Å²) in [6.07, 6.45) is 8.32. The molecule has 31 nitrogen and oxygen atoms in total. The Morgan fingerprint density at radius 2 is 0.798 bits per heavy atom. The molecule has 1 aliphatic heterocycles. The second kappa shape index (κ2) is 41.7. The predicted molar refractivity (Wildman–Crippen MR) is 306 cm³/mol. The van der Waals surface area contributed by atoms with Crippen molar-refractivity contribution in [3.63, 3.8) is 0 Å². The molecule has 0 saturated carbocycles. The summed E-state index contributed by atoms with van der Waals surface area (Å²) >= 11 is 0. The smallest absolute Gasteiger partial charge is 0.243 e. The molecule has 0 radical (unpaired) electrons. The minimum absolute atomic E-state index is 0.00854. The summed E-state index contributed by atoms with van der Waals surface area (Å²) in [6.45, 7) is 7.60. The molecule has 3 heterocycles. The summed E-state index contributed by atoms with van der Waals surface area (Å²) in [5.41, 5.74) is 6.13. The van der Waals surface area contributed by atoms with E-state index in [1.54, 1.807) is 42.9 Å². The Balaban J connectivity index is 1.50. The lowest BCUT2D eigenvalue weighted by molar-refractivity contribution is -0.136. The van der Waals surface area contributed by atoms with Gasteiger partial charge in [-0.15, -0.1) is 10.2 Å². The maximum Gasteiger partial charge on any atom is 0.243 e. The summed E-state index contributed by atoms with van der Waals surface area (Å²) in [6, 6.07) is -6.64. The van der Waals surface area contributed by atoms with Crippen molar-refractivity contribution in [1.29, 1.82) is 0 Å². The molecule has 0 aliphatic carbocycles. The first-order valence-electron chi connectivity index (χ1n) is 29.2. The van der Waals surface area contributed by atoms with Crippen LogP contribution in [0.3, 0.4) is 0 Å². The van der Waals surface area contributed by atoms with E-state index in [0.717, 1.165) is 0 Å². The molecule has 14 N–H and O–H groups in total. The molecular weight excluding hydrogens is 1090 g/mol. The highest BCUT2D eigenvalue weighted by Crippen LogP contribution is 2.11. The predicted octanol–water partition coefficient (Wildman–Crippen LogP) is -3.70. The first kappa shape index (κ1) is 71.0. The average molecular weight is 1190 g/mol. The van der Waals surface area contributed by atoms with Crippen LogP contribution in [-0.2, 0) is 83.6 Å². The number of nitrogens with two attached hydrogens (primary N) is 1. The van der Waals surface area contributed by atoms with Gasteiger partial charge in [0, 0.05) is 32.2 Å². The van der Waals surface area contributed by atoms with Crippen molar-refractivity contribution in [2.75, 3.05) is 73.7 Å². The summed E-state index contributed by atoms with van der Waals surface area (Å²) < 4.78 is 14.4. The quantitative estimate of drug-likeness (QED) is 0.0287. The third kappa shape index (κ3) is 30.4. The van der Waals surface area contributed by atoms with Crippen LogP contribution in [0.25, 0.3) is 0 Å². The molecule has 0 aromatic carbocycles. The molecule has 31 heteroatoms. The first-order chi connectivity index (χ1) is 40.4. The number of unbranched alkanes of at least 4 members (excludes halogenated alkanes) is 4. The fourth-order valence-corrected chi connectivity index (χ4v) is 8.43. The number of aromatic nitrogens is 6. The van der Waals surface area contributed by atoms with E-state index in [1.165, 1.54) is 13.8 Å². The molecule has 0 unspecified atom stereocenters. The van der Waals surface area contributed by atoms with Crippen molar-refractivity contribution in [3.05, 3.63) is 23.8 Å². The number of nitrogens with one attached hydrogen (secondary N) is 12. The van der Waals surface area contributed by atoms with E-state index in [-0.39, 0.29) is 88.7 Å². The number of ether oxygens (including phenoxy) is 2. The lowest BCUT2D eigenvalue weighted by Gasteiger charge is -2.28. The normalized spacial score (nSPS) is 19.2. The molecule has 10 amide bonds. The van der Waals surface area contributed by atoms with E-state index < -0.39 is 77.6 Å². The van der Waals surface area contributed by atoms with E-state index >= 15 is 0 Å².